The zero-order chi connectivity index (χ0) is 14.6. The molecule has 1 aliphatic rings. The van der Waals surface area contributed by atoms with E-state index >= 15 is 0 Å². The highest BCUT2D eigenvalue weighted by Gasteiger charge is 2.38. The molecule has 112 valence electrons. The molecule has 19 heavy (non-hydrogen) atoms. The zero-order valence-electron chi connectivity index (χ0n) is 13.3. The van der Waals surface area contributed by atoms with Crippen molar-refractivity contribution >= 4 is 5.97 Å². The number of likely N-dealkylation sites (tertiary alicyclic amines) is 1. The van der Waals surface area contributed by atoms with Crippen LogP contribution < -0.4 is 5.32 Å². The Kier molecular flexibility index (Phi) is 5.81. The van der Waals surface area contributed by atoms with Gasteiger partial charge in [-0.3, -0.25) is 9.69 Å². The smallest absolute Gasteiger partial charge is 0.325 e. The van der Waals surface area contributed by atoms with Crippen LogP contribution in [-0.4, -0.2) is 48.7 Å². The molecule has 0 aliphatic carbocycles. The quantitative estimate of drug-likeness (QED) is 0.750. The van der Waals surface area contributed by atoms with Crippen LogP contribution in [0, 0.1) is 5.92 Å². The molecule has 4 atom stereocenters. The molecule has 1 fully saturated rings. The van der Waals surface area contributed by atoms with E-state index in [2.05, 4.69) is 31.0 Å². The number of nitrogens with one attached hydrogen (secondary N) is 1. The minimum absolute atomic E-state index is 0.166. The number of esters is 1. The maximum Gasteiger partial charge on any atom is 0.325 e. The first-order chi connectivity index (χ1) is 8.84. The van der Waals surface area contributed by atoms with Gasteiger partial charge < -0.3 is 10.1 Å². The standard InChI is InChI=1S/C15H30N2O2/c1-7-16-15(5,14(18)19-6)9-13(4)17-10-11(2)8-12(17)3/h11-13,16H,7-10H2,1-6H3. The number of carbonyl (C=O) groups is 1. The lowest BCUT2D eigenvalue weighted by Gasteiger charge is -2.36. The normalized spacial score (nSPS) is 28.9. The van der Waals surface area contributed by atoms with Gasteiger partial charge in [-0.1, -0.05) is 13.8 Å². The Bertz CT molecular complexity index is 309. The molecule has 1 heterocycles. The molecule has 0 aromatic carbocycles. The van der Waals surface area contributed by atoms with Crippen molar-refractivity contribution < 1.29 is 9.53 Å². The van der Waals surface area contributed by atoms with Crippen molar-refractivity contribution in [3.63, 3.8) is 0 Å². The van der Waals surface area contributed by atoms with Gasteiger partial charge in [0.2, 0.25) is 0 Å². The molecule has 1 saturated heterocycles. The predicted octanol–water partition coefficient (Wildman–Crippen LogP) is 2.04. The van der Waals surface area contributed by atoms with Crippen LogP contribution in [-0.2, 0) is 9.53 Å². The molecule has 0 aromatic heterocycles. The second-order valence-corrected chi connectivity index (χ2v) is 6.29. The molecule has 4 nitrogen and oxygen atoms in total. The van der Waals surface area contributed by atoms with E-state index < -0.39 is 5.54 Å². The summed E-state index contributed by atoms with van der Waals surface area (Å²) in [5.74, 6) is 0.585. The van der Waals surface area contributed by atoms with Crippen molar-refractivity contribution in [1.29, 1.82) is 0 Å². The van der Waals surface area contributed by atoms with Gasteiger partial charge in [-0.2, -0.15) is 0 Å². The molecule has 0 amide bonds. The van der Waals surface area contributed by atoms with Crippen LogP contribution in [0.2, 0.25) is 0 Å². The minimum Gasteiger partial charge on any atom is -0.468 e. The Hall–Kier alpha value is -0.610. The third kappa shape index (κ3) is 3.93. The first-order valence-electron chi connectivity index (χ1n) is 7.43. The Labute approximate surface area is 117 Å². The predicted molar refractivity (Wildman–Crippen MR) is 78.1 cm³/mol. The Balaban J connectivity index is 2.71. The number of nitrogens with zero attached hydrogens (tertiary/aromatic N) is 1. The fourth-order valence-corrected chi connectivity index (χ4v) is 3.50. The molecule has 0 radical (unpaired) electrons. The Morgan fingerprint density at radius 2 is 2.16 bits per heavy atom. The van der Waals surface area contributed by atoms with E-state index in [4.69, 9.17) is 4.74 Å². The minimum atomic E-state index is -0.589. The second kappa shape index (κ2) is 6.71. The molecule has 1 rings (SSSR count). The number of hydrogen-bond acceptors (Lipinski definition) is 4. The molecule has 0 spiro atoms. The number of rotatable bonds is 6. The van der Waals surface area contributed by atoms with Gasteiger partial charge in [0.05, 0.1) is 7.11 Å². The maximum atomic E-state index is 12.0. The Morgan fingerprint density at radius 3 is 2.58 bits per heavy atom. The number of carbonyl (C=O) groups excluding carboxylic acids is 1. The molecule has 0 bridgehead atoms. The average Bonchev–Trinajstić information content (AvgIpc) is 2.67. The molecule has 1 N–H and O–H groups in total. The van der Waals surface area contributed by atoms with Crippen molar-refractivity contribution in [2.45, 2.75) is 65.1 Å². The highest BCUT2D eigenvalue weighted by Crippen LogP contribution is 2.28. The topological polar surface area (TPSA) is 41.6 Å². The summed E-state index contributed by atoms with van der Waals surface area (Å²) < 4.78 is 4.96. The van der Waals surface area contributed by atoms with Crippen molar-refractivity contribution in [3.8, 4) is 0 Å². The van der Waals surface area contributed by atoms with Crippen molar-refractivity contribution in [3.05, 3.63) is 0 Å². The van der Waals surface area contributed by atoms with Crippen molar-refractivity contribution in [2.75, 3.05) is 20.2 Å². The summed E-state index contributed by atoms with van der Waals surface area (Å²) in [5.41, 5.74) is -0.589. The number of likely N-dealkylation sites (N-methyl/N-ethyl adjacent to an activating group) is 1. The van der Waals surface area contributed by atoms with Gasteiger partial charge in [-0.05, 0) is 46.1 Å². The van der Waals surface area contributed by atoms with Crippen LogP contribution in [0.1, 0.15) is 47.5 Å². The van der Waals surface area contributed by atoms with Gasteiger partial charge in [0.15, 0.2) is 0 Å². The summed E-state index contributed by atoms with van der Waals surface area (Å²) in [4.78, 5) is 14.5. The highest BCUT2D eigenvalue weighted by atomic mass is 16.5. The van der Waals surface area contributed by atoms with Gasteiger partial charge in [0, 0.05) is 18.6 Å². The summed E-state index contributed by atoms with van der Waals surface area (Å²) in [6.07, 6.45) is 2.03. The third-order valence-corrected chi connectivity index (χ3v) is 4.30. The molecular formula is C15H30N2O2. The fourth-order valence-electron chi connectivity index (χ4n) is 3.50. The van der Waals surface area contributed by atoms with Crippen LogP contribution in [0.25, 0.3) is 0 Å². The fraction of sp³-hybridized carbons (Fsp3) is 0.933. The summed E-state index contributed by atoms with van der Waals surface area (Å²) in [6.45, 7) is 12.7. The van der Waals surface area contributed by atoms with E-state index in [1.165, 1.54) is 13.5 Å². The van der Waals surface area contributed by atoms with Crippen molar-refractivity contribution in [2.24, 2.45) is 5.92 Å². The van der Waals surface area contributed by atoms with E-state index in [0.29, 0.717) is 12.1 Å². The molecule has 0 saturated carbocycles. The molecular weight excluding hydrogens is 240 g/mol. The average molecular weight is 270 g/mol. The van der Waals surface area contributed by atoms with Crippen LogP contribution in [0.3, 0.4) is 0 Å². The van der Waals surface area contributed by atoms with Crippen LogP contribution >= 0.6 is 0 Å². The van der Waals surface area contributed by atoms with Crippen LogP contribution in [0.4, 0.5) is 0 Å². The lowest BCUT2D eigenvalue weighted by atomic mass is 9.92. The number of methoxy groups -OCH3 is 1. The number of ether oxygens (including phenoxy) is 1. The summed E-state index contributed by atoms with van der Waals surface area (Å²) in [5, 5.41) is 3.29. The lowest BCUT2D eigenvalue weighted by Crippen LogP contribution is -2.54. The van der Waals surface area contributed by atoms with Gasteiger partial charge in [0.25, 0.3) is 0 Å². The summed E-state index contributed by atoms with van der Waals surface area (Å²) in [7, 11) is 1.46. The van der Waals surface area contributed by atoms with Crippen LogP contribution in [0.15, 0.2) is 0 Å². The SMILES string of the molecule is CCNC(C)(CC(C)N1CC(C)CC1C)C(=O)OC. The van der Waals surface area contributed by atoms with E-state index in [1.54, 1.807) is 0 Å². The third-order valence-electron chi connectivity index (χ3n) is 4.30. The molecule has 4 heteroatoms. The first-order valence-corrected chi connectivity index (χ1v) is 7.43. The Morgan fingerprint density at radius 1 is 1.53 bits per heavy atom. The van der Waals surface area contributed by atoms with E-state index in [0.717, 1.165) is 25.4 Å². The van der Waals surface area contributed by atoms with Gasteiger partial charge >= 0.3 is 5.97 Å². The maximum absolute atomic E-state index is 12.0. The van der Waals surface area contributed by atoms with Crippen molar-refractivity contribution in [1.82, 2.24) is 10.2 Å². The first kappa shape index (κ1) is 16.4. The largest absolute Gasteiger partial charge is 0.468 e. The highest BCUT2D eigenvalue weighted by molar-refractivity contribution is 5.80. The van der Waals surface area contributed by atoms with E-state index in [9.17, 15) is 4.79 Å². The zero-order valence-corrected chi connectivity index (χ0v) is 13.3. The monoisotopic (exact) mass is 270 g/mol. The van der Waals surface area contributed by atoms with Gasteiger partial charge in [-0.25, -0.2) is 0 Å². The lowest BCUT2D eigenvalue weighted by molar-refractivity contribution is -0.148. The summed E-state index contributed by atoms with van der Waals surface area (Å²) in [6, 6.07) is 0.983. The summed E-state index contributed by atoms with van der Waals surface area (Å²) >= 11 is 0. The number of hydrogen-bond donors (Lipinski definition) is 1. The van der Waals surface area contributed by atoms with Gasteiger partial charge in [-0.15, -0.1) is 0 Å². The van der Waals surface area contributed by atoms with Gasteiger partial charge in [0.1, 0.15) is 5.54 Å². The second-order valence-electron chi connectivity index (χ2n) is 6.29. The molecule has 1 aliphatic heterocycles. The van der Waals surface area contributed by atoms with Crippen LogP contribution in [0.5, 0.6) is 0 Å². The van der Waals surface area contributed by atoms with E-state index in [1.807, 2.05) is 13.8 Å². The van der Waals surface area contributed by atoms with E-state index in [-0.39, 0.29) is 5.97 Å². The molecule has 0 aromatic rings. The molecule has 4 unspecified atom stereocenters.